The molecule has 0 radical (unpaired) electrons. The van der Waals surface area contributed by atoms with E-state index >= 15 is 0 Å². The van der Waals surface area contributed by atoms with Crippen molar-refractivity contribution in [1.29, 1.82) is 0 Å². The molecule has 0 amide bonds. The van der Waals surface area contributed by atoms with Crippen LogP contribution < -0.4 is 16.0 Å². The Kier molecular flexibility index (Phi) is 3.40. The molecule has 4 nitrogen and oxygen atoms in total. The molecule has 0 atom stereocenters. The Hall–Kier alpha value is -1.02. The van der Waals surface area contributed by atoms with Crippen molar-refractivity contribution >= 4 is 15.9 Å². The van der Waals surface area contributed by atoms with Crippen molar-refractivity contribution in [1.82, 2.24) is 4.98 Å². The van der Waals surface area contributed by atoms with Crippen LogP contribution in [0.4, 0.5) is 13.2 Å². The molecule has 0 bridgehead atoms. The molecular weight excluding hydrogens is 281 g/mol. The van der Waals surface area contributed by atoms with Gasteiger partial charge >= 0.3 is 6.36 Å². The Morgan fingerprint density at radius 2 is 2.13 bits per heavy atom. The number of ether oxygens (including phenoxy) is 1. The van der Waals surface area contributed by atoms with Crippen LogP contribution in [-0.2, 0) is 6.54 Å². The zero-order valence-corrected chi connectivity index (χ0v) is 8.78. The van der Waals surface area contributed by atoms with Gasteiger partial charge in [0.05, 0.1) is 4.47 Å². The third-order valence-electron chi connectivity index (χ3n) is 1.53. The number of rotatable bonds is 2. The van der Waals surface area contributed by atoms with E-state index in [-0.39, 0.29) is 16.6 Å². The number of pyridine rings is 1. The molecule has 8 heteroatoms. The fourth-order valence-corrected chi connectivity index (χ4v) is 1.40. The van der Waals surface area contributed by atoms with Crippen molar-refractivity contribution in [3.05, 3.63) is 26.6 Å². The van der Waals surface area contributed by atoms with E-state index in [4.69, 9.17) is 5.73 Å². The molecule has 0 spiro atoms. The minimum absolute atomic E-state index is 0.0314. The van der Waals surface area contributed by atoms with Crippen molar-refractivity contribution in [2.75, 3.05) is 0 Å². The van der Waals surface area contributed by atoms with Crippen LogP contribution in [0.2, 0.25) is 0 Å². The third kappa shape index (κ3) is 2.96. The van der Waals surface area contributed by atoms with E-state index < -0.39 is 17.7 Å². The molecule has 0 saturated heterocycles. The summed E-state index contributed by atoms with van der Waals surface area (Å²) in [5, 5.41) is 0. The smallest absolute Gasteiger partial charge is 0.404 e. The van der Waals surface area contributed by atoms with E-state index in [1.807, 2.05) is 0 Å². The summed E-state index contributed by atoms with van der Waals surface area (Å²) in [6.45, 7) is -0.240. The number of halogens is 4. The fraction of sp³-hybridized carbons (Fsp3) is 0.286. The standard InChI is InChI=1S/C7H6BrF3N2O2/c8-5-3(1-12)4(2-13-6(5)14)15-7(9,10)11/h2H,1,12H2,(H,13,14). The summed E-state index contributed by atoms with van der Waals surface area (Å²) < 4.78 is 39.4. The van der Waals surface area contributed by atoms with Gasteiger partial charge in [-0.05, 0) is 15.9 Å². The van der Waals surface area contributed by atoms with Crippen molar-refractivity contribution in [2.24, 2.45) is 5.73 Å². The second kappa shape index (κ2) is 4.23. The number of H-pyrrole nitrogens is 1. The topological polar surface area (TPSA) is 68.1 Å². The number of alkyl halides is 3. The first-order valence-electron chi connectivity index (χ1n) is 3.71. The van der Waals surface area contributed by atoms with Gasteiger partial charge in [-0.2, -0.15) is 0 Å². The van der Waals surface area contributed by atoms with Crippen LogP contribution in [0.25, 0.3) is 0 Å². The van der Waals surface area contributed by atoms with Crippen LogP contribution in [0.5, 0.6) is 5.75 Å². The lowest BCUT2D eigenvalue weighted by Crippen LogP contribution is -2.21. The first kappa shape index (κ1) is 12.1. The largest absolute Gasteiger partial charge is 0.573 e. The van der Waals surface area contributed by atoms with Crippen molar-refractivity contribution in [3.63, 3.8) is 0 Å². The zero-order valence-electron chi connectivity index (χ0n) is 7.19. The maximum atomic E-state index is 11.9. The summed E-state index contributed by atoms with van der Waals surface area (Å²) in [6.07, 6.45) is -4.00. The van der Waals surface area contributed by atoms with Crippen LogP contribution >= 0.6 is 15.9 Å². The summed E-state index contributed by atoms with van der Waals surface area (Å²) in [5.41, 5.74) is 4.61. The summed E-state index contributed by atoms with van der Waals surface area (Å²) in [4.78, 5) is 13.1. The summed E-state index contributed by atoms with van der Waals surface area (Å²) in [7, 11) is 0. The van der Waals surface area contributed by atoms with Gasteiger partial charge in [-0.3, -0.25) is 4.79 Å². The van der Waals surface area contributed by atoms with Gasteiger partial charge in [-0.1, -0.05) is 0 Å². The average Bonchev–Trinajstić information content (AvgIpc) is 2.10. The number of nitrogens with one attached hydrogen (secondary N) is 1. The predicted molar refractivity (Wildman–Crippen MR) is 49.3 cm³/mol. The molecule has 0 aliphatic carbocycles. The van der Waals surface area contributed by atoms with Gasteiger partial charge in [-0.25, -0.2) is 0 Å². The quantitative estimate of drug-likeness (QED) is 0.866. The highest BCUT2D eigenvalue weighted by atomic mass is 79.9. The summed E-state index contributed by atoms with van der Waals surface area (Å²) in [5.74, 6) is -0.517. The molecule has 0 saturated carbocycles. The first-order valence-corrected chi connectivity index (χ1v) is 4.50. The lowest BCUT2D eigenvalue weighted by atomic mass is 10.2. The van der Waals surface area contributed by atoms with E-state index in [0.717, 1.165) is 6.20 Å². The number of aromatic amines is 1. The van der Waals surface area contributed by atoms with Crippen LogP contribution in [0, 0.1) is 0 Å². The molecule has 1 aromatic heterocycles. The Balaban J connectivity index is 3.20. The van der Waals surface area contributed by atoms with Gasteiger partial charge in [-0.15, -0.1) is 13.2 Å². The SMILES string of the molecule is NCc1c(OC(F)(F)F)c[nH]c(=O)c1Br. The first-order chi connectivity index (χ1) is 6.85. The molecule has 1 heterocycles. The van der Waals surface area contributed by atoms with E-state index in [1.165, 1.54) is 0 Å². The molecular formula is C7H6BrF3N2O2. The van der Waals surface area contributed by atoms with Gasteiger partial charge in [0.25, 0.3) is 5.56 Å². The maximum Gasteiger partial charge on any atom is 0.573 e. The van der Waals surface area contributed by atoms with Crippen molar-refractivity contribution < 1.29 is 17.9 Å². The Bertz CT molecular complexity index is 416. The number of hydrogen-bond acceptors (Lipinski definition) is 3. The highest BCUT2D eigenvalue weighted by Crippen LogP contribution is 2.27. The van der Waals surface area contributed by atoms with Gasteiger partial charge in [0.2, 0.25) is 0 Å². The van der Waals surface area contributed by atoms with Crippen LogP contribution in [-0.4, -0.2) is 11.3 Å². The van der Waals surface area contributed by atoms with E-state index in [0.29, 0.717) is 0 Å². The predicted octanol–water partition coefficient (Wildman–Crippen LogP) is 1.49. The van der Waals surface area contributed by atoms with Crippen LogP contribution in [0.1, 0.15) is 5.56 Å². The Labute approximate surface area is 90.4 Å². The molecule has 0 aliphatic rings. The molecule has 3 N–H and O–H groups in total. The van der Waals surface area contributed by atoms with E-state index in [2.05, 4.69) is 25.7 Å². The monoisotopic (exact) mass is 286 g/mol. The van der Waals surface area contributed by atoms with Gasteiger partial charge in [0, 0.05) is 18.3 Å². The highest BCUT2D eigenvalue weighted by molar-refractivity contribution is 9.10. The van der Waals surface area contributed by atoms with Gasteiger partial charge in [0.1, 0.15) is 0 Å². The number of aromatic nitrogens is 1. The lowest BCUT2D eigenvalue weighted by molar-refractivity contribution is -0.275. The number of nitrogens with two attached hydrogens (primary N) is 1. The maximum absolute atomic E-state index is 11.9. The van der Waals surface area contributed by atoms with Crippen molar-refractivity contribution in [2.45, 2.75) is 12.9 Å². The lowest BCUT2D eigenvalue weighted by Gasteiger charge is -2.12. The second-order valence-corrected chi connectivity index (χ2v) is 3.32. The summed E-state index contributed by atoms with van der Waals surface area (Å²) in [6, 6.07) is 0. The molecule has 0 fully saturated rings. The molecule has 84 valence electrons. The van der Waals surface area contributed by atoms with E-state index in [9.17, 15) is 18.0 Å². The van der Waals surface area contributed by atoms with Crippen LogP contribution in [0.3, 0.4) is 0 Å². The van der Waals surface area contributed by atoms with Gasteiger partial charge in [0.15, 0.2) is 5.75 Å². The highest BCUT2D eigenvalue weighted by Gasteiger charge is 2.32. The van der Waals surface area contributed by atoms with Crippen LogP contribution in [0.15, 0.2) is 15.5 Å². The molecule has 1 aromatic rings. The molecule has 1 rings (SSSR count). The second-order valence-electron chi connectivity index (χ2n) is 2.53. The van der Waals surface area contributed by atoms with Crippen molar-refractivity contribution in [3.8, 4) is 5.75 Å². The third-order valence-corrected chi connectivity index (χ3v) is 2.36. The average molecular weight is 287 g/mol. The van der Waals surface area contributed by atoms with Gasteiger partial charge < -0.3 is 15.5 Å². The summed E-state index contributed by atoms with van der Waals surface area (Å²) >= 11 is 2.83. The minimum atomic E-state index is -4.82. The molecule has 0 aliphatic heterocycles. The normalized spacial score (nSPS) is 11.5. The minimum Gasteiger partial charge on any atom is -0.404 e. The fourth-order valence-electron chi connectivity index (χ4n) is 0.933. The Morgan fingerprint density at radius 1 is 1.53 bits per heavy atom. The number of hydrogen-bond donors (Lipinski definition) is 2. The zero-order chi connectivity index (χ0) is 11.6. The molecule has 15 heavy (non-hydrogen) atoms. The molecule has 0 aromatic carbocycles. The molecule has 0 unspecified atom stereocenters. The van der Waals surface area contributed by atoms with E-state index in [1.54, 1.807) is 0 Å². The Morgan fingerprint density at radius 3 is 2.60 bits per heavy atom.